The molecule has 0 saturated carbocycles. The molecule has 0 unspecified atom stereocenters. The molecule has 0 aliphatic rings. The van der Waals surface area contributed by atoms with Gasteiger partial charge in [-0.2, -0.15) is 0 Å². The predicted molar refractivity (Wildman–Crippen MR) is 87.3 cm³/mol. The van der Waals surface area contributed by atoms with Crippen LogP contribution in [0.25, 0.3) is 11.0 Å². The smallest absolute Gasteiger partial charge is 0.339 e. The van der Waals surface area contributed by atoms with Gasteiger partial charge >= 0.3 is 5.63 Å². The second-order valence-corrected chi connectivity index (χ2v) is 5.14. The van der Waals surface area contributed by atoms with Crippen LogP contribution < -0.4 is 5.63 Å². The van der Waals surface area contributed by atoms with Gasteiger partial charge in [0.1, 0.15) is 11.3 Å². The molecular formula is C18H15NO3. The molecule has 2 aromatic carbocycles. The van der Waals surface area contributed by atoms with Crippen molar-refractivity contribution >= 4 is 22.9 Å². The molecule has 110 valence electrons. The highest BCUT2D eigenvalue weighted by atomic mass is 16.4. The first-order chi connectivity index (χ1) is 10.6. The minimum absolute atomic E-state index is 0.171. The third kappa shape index (κ3) is 2.51. The van der Waals surface area contributed by atoms with Gasteiger partial charge in [0, 0.05) is 28.8 Å². The second-order valence-electron chi connectivity index (χ2n) is 5.14. The molecule has 3 rings (SSSR count). The number of benzene rings is 2. The van der Waals surface area contributed by atoms with E-state index in [4.69, 9.17) is 4.42 Å². The van der Waals surface area contributed by atoms with E-state index < -0.39 is 0 Å². The van der Waals surface area contributed by atoms with Crippen LogP contribution in [0.4, 0.5) is 5.69 Å². The maximum Gasteiger partial charge on any atom is 0.339 e. The van der Waals surface area contributed by atoms with E-state index in [0.717, 1.165) is 10.9 Å². The highest BCUT2D eigenvalue weighted by Gasteiger charge is 2.07. The summed E-state index contributed by atoms with van der Waals surface area (Å²) in [6.45, 7) is 3.66. The zero-order valence-electron chi connectivity index (χ0n) is 12.3. The SMILES string of the molecule is Cc1c(C)c2ccc(N=Cc3ccccc3O)cc2oc1=O. The Morgan fingerprint density at radius 1 is 1.09 bits per heavy atom. The van der Waals surface area contributed by atoms with Gasteiger partial charge in [-0.15, -0.1) is 0 Å². The third-order valence-corrected chi connectivity index (χ3v) is 3.73. The lowest BCUT2D eigenvalue weighted by atomic mass is 10.1. The monoisotopic (exact) mass is 293 g/mol. The largest absolute Gasteiger partial charge is 0.507 e. The zero-order valence-corrected chi connectivity index (χ0v) is 12.3. The van der Waals surface area contributed by atoms with E-state index in [1.54, 1.807) is 37.4 Å². The van der Waals surface area contributed by atoms with E-state index >= 15 is 0 Å². The molecule has 0 atom stereocenters. The Labute approximate surface area is 127 Å². The van der Waals surface area contributed by atoms with Crippen LogP contribution in [0.15, 0.2) is 56.7 Å². The van der Waals surface area contributed by atoms with Crippen LogP contribution in [-0.2, 0) is 0 Å². The quantitative estimate of drug-likeness (QED) is 0.576. The Hall–Kier alpha value is -2.88. The molecule has 3 aromatic rings. The van der Waals surface area contributed by atoms with E-state index in [2.05, 4.69) is 4.99 Å². The summed E-state index contributed by atoms with van der Waals surface area (Å²) in [5.74, 6) is 0.171. The van der Waals surface area contributed by atoms with Gasteiger partial charge < -0.3 is 9.52 Å². The lowest BCUT2D eigenvalue weighted by Crippen LogP contribution is -2.05. The molecule has 1 heterocycles. The predicted octanol–water partition coefficient (Wildman–Crippen LogP) is 3.87. The first-order valence-electron chi connectivity index (χ1n) is 6.92. The molecule has 1 aromatic heterocycles. The maximum atomic E-state index is 11.8. The maximum absolute atomic E-state index is 11.8. The van der Waals surface area contributed by atoms with Gasteiger partial charge in [0.15, 0.2) is 0 Å². The second kappa shape index (κ2) is 5.48. The molecule has 4 heteroatoms. The number of aryl methyl sites for hydroxylation is 1. The normalized spacial score (nSPS) is 11.4. The number of nitrogens with zero attached hydrogens (tertiary/aromatic N) is 1. The summed E-state index contributed by atoms with van der Waals surface area (Å²) in [6, 6.07) is 12.4. The van der Waals surface area contributed by atoms with Crippen LogP contribution in [0.3, 0.4) is 0 Å². The minimum atomic E-state index is -0.327. The van der Waals surface area contributed by atoms with E-state index in [9.17, 15) is 9.90 Å². The topological polar surface area (TPSA) is 62.8 Å². The summed E-state index contributed by atoms with van der Waals surface area (Å²) in [5.41, 5.74) is 3.01. The summed E-state index contributed by atoms with van der Waals surface area (Å²) < 4.78 is 5.31. The van der Waals surface area contributed by atoms with Crippen molar-refractivity contribution in [1.82, 2.24) is 0 Å². The van der Waals surface area contributed by atoms with Gasteiger partial charge in [-0.05, 0) is 43.7 Å². The summed E-state index contributed by atoms with van der Waals surface area (Å²) in [7, 11) is 0. The first kappa shape index (κ1) is 14.1. The number of phenols is 1. The van der Waals surface area contributed by atoms with Gasteiger partial charge in [-0.25, -0.2) is 4.79 Å². The van der Waals surface area contributed by atoms with Crippen LogP contribution >= 0.6 is 0 Å². The van der Waals surface area contributed by atoms with Crippen LogP contribution in [0.2, 0.25) is 0 Å². The highest BCUT2D eigenvalue weighted by Crippen LogP contribution is 2.24. The van der Waals surface area contributed by atoms with Crippen molar-refractivity contribution in [2.75, 3.05) is 0 Å². The van der Waals surface area contributed by atoms with E-state index in [-0.39, 0.29) is 11.4 Å². The number of hydrogen-bond donors (Lipinski definition) is 1. The molecule has 0 fully saturated rings. The number of aromatic hydroxyl groups is 1. The molecule has 0 aliphatic carbocycles. The average Bonchev–Trinajstić information content (AvgIpc) is 2.52. The molecule has 0 bridgehead atoms. The van der Waals surface area contributed by atoms with Crippen molar-refractivity contribution in [3.8, 4) is 5.75 Å². The van der Waals surface area contributed by atoms with Crippen molar-refractivity contribution in [3.63, 3.8) is 0 Å². The number of aliphatic imine (C=N–C) groups is 1. The van der Waals surface area contributed by atoms with Crippen LogP contribution in [0, 0.1) is 13.8 Å². The van der Waals surface area contributed by atoms with Crippen molar-refractivity contribution < 1.29 is 9.52 Å². The fourth-order valence-corrected chi connectivity index (χ4v) is 2.26. The Morgan fingerprint density at radius 3 is 2.64 bits per heavy atom. The van der Waals surface area contributed by atoms with Crippen LogP contribution in [0.1, 0.15) is 16.7 Å². The Balaban J connectivity index is 2.05. The molecule has 0 saturated heterocycles. The molecule has 0 radical (unpaired) electrons. The standard InChI is InChI=1S/C18H15NO3/c1-11-12(2)18(21)22-17-9-14(7-8-15(11)17)19-10-13-5-3-4-6-16(13)20/h3-10,20H,1-2H3. The molecule has 0 amide bonds. The molecule has 22 heavy (non-hydrogen) atoms. The lowest BCUT2D eigenvalue weighted by Gasteiger charge is -2.04. The Kier molecular flexibility index (Phi) is 3.51. The highest BCUT2D eigenvalue weighted by molar-refractivity contribution is 5.88. The fraction of sp³-hybridized carbons (Fsp3) is 0.111. The van der Waals surface area contributed by atoms with E-state index in [0.29, 0.717) is 22.4 Å². The number of phenolic OH excluding ortho intramolecular Hbond substituents is 1. The van der Waals surface area contributed by atoms with Crippen molar-refractivity contribution in [3.05, 3.63) is 69.6 Å². The van der Waals surface area contributed by atoms with Gasteiger partial charge in [-0.1, -0.05) is 12.1 Å². The lowest BCUT2D eigenvalue weighted by molar-refractivity contribution is 0.474. The Morgan fingerprint density at radius 2 is 1.86 bits per heavy atom. The average molecular weight is 293 g/mol. The molecule has 4 nitrogen and oxygen atoms in total. The number of hydrogen-bond acceptors (Lipinski definition) is 4. The van der Waals surface area contributed by atoms with Crippen molar-refractivity contribution in [2.45, 2.75) is 13.8 Å². The molecular weight excluding hydrogens is 278 g/mol. The van der Waals surface area contributed by atoms with E-state index in [1.165, 1.54) is 0 Å². The van der Waals surface area contributed by atoms with Crippen LogP contribution in [-0.4, -0.2) is 11.3 Å². The van der Waals surface area contributed by atoms with Gasteiger partial charge in [0.05, 0.1) is 5.69 Å². The van der Waals surface area contributed by atoms with Gasteiger partial charge in [-0.3, -0.25) is 4.99 Å². The first-order valence-corrected chi connectivity index (χ1v) is 6.92. The Bertz CT molecular complexity index is 939. The van der Waals surface area contributed by atoms with Crippen LogP contribution in [0.5, 0.6) is 5.75 Å². The number of para-hydroxylation sites is 1. The number of rotatable bonds is 2. The molecule has 0 aliphatic heterocycles. The summed E-state index contributed by atoms with van der Waals surface area (Å²) in [6.07, 6.45) is 1.58. The zero-order chi connectivity index (χ0) is 15.7. The number of fused-ring (bicyclic) bond motifs is 1. The third-order valence-electron chi connectivity index (χ3n) is 3.73. The van der Waals surface area contributed by atoms with Gasteiger partial charge in [0.2, 0.25) is 0 Å². The van der Waals surface area contributed by atoms with Gasteiger partial charge in [0.25, 0.3) is 0 Å². The summed E-state index contributed by atoms with van der Waals surface area (Å²) in [4.78, 5) is 16.1. The molecule has 0 spiro atoms. The fourth-order valence-electron chi connectivity index (χ4n) is 2.26. The molecule has 1 N–H and O–H groups in total. The summed E-state index contributed by atoms with van der Waals surface area (Å²) in [5, 5.41) is 10.6. The van der Waals surface area contributed by atoms with Crippen molar-refractivity contribution in [1.29, 1.82) is 0 Å². The summed E-state index contributed by atoms with van der Waals surface area (Å²) >= 11 is 0. The van der Waals surface area contributed by atoms with E-state index in [1.807, 2.05) is 25.1 Å². The minimum Gasteiger partial charge on any atom is -0.507 e. The van der Waals surface area contributed by atoms with Crippen molar-refractivity contribution in [2.24, 2.45) is 4.99 Å².